The summed E-state index contributed by atoms with van der Waals surface area (Å²) in [5.74, 6) is 0.900. The third-order valence-electron chi connectivity index (χ3n) is 5.31. The highest BCUT2D eigenvalue weighted by molar-refractivity contribution is 6.05. The number of nitrogens with one attached hydrogen (secondary N) is 1. The maximum absolute atomic E-state index is 12.0. The molecule has 0 spiro atoms. The molecule has 7 nitrogen and oxygen atoms in total. The number of para-hydroxylation sites is 2. The van der Waals surface area contributed by atoms with Crippen LogP contribution in [-0.4, -0.2) is 44.2 Å². The van der Waals surface area contributed by atoms with E-state index in [-0.39, 0.29) is 11.9 Å². The molecule has 3 N–H and O–H groups in total. The molecule has 0 fully saturated rings. The fraction of sp³-hybridized carbons (Fsp3) is 0.417. The Morgan fingerprint density at radius 2 is 1.90 bits per heavy atom. The zero-order valence-electron chi connectivity index (χ0n) is 18.4. The Labute approximate surface area is 183 Å². The first kappa shape index (κ1) is 22.6. The lowest BCUT2D eigenvalue weighted by atomic mass is 9.98. The minimum atomic E-state index is -0.506. The third kappa shape index (κ3) is 5.55. The lowest BCUT2D eigenvalue weighted by Crippen LogP contribution is -2.32. The number of amides is 2. The van der Waals surface area contributed by atoms with E-state index in [1.807, 2.05) is 37.3 Å². The van der Waals surface area contributed by atoms with Crippen molar-refractivity contribution in [1.29, 1.82) is 0 Å². The number of anilines is 1. The van der Waals surface area contributed by atoms with Crippen molar-refractivity contribution in [3.8, 4) is 11.5 Å². The van der Waals surface area contributed by atoms with Crippen molar-refractivity contribution in [3.05, 3.63) is 53.1 Å². The molecule has 1 aliphatic heterocycles. The predicted octanol–water partition coefficient (Wildman–Crippen LogP) is 2.69. The van der Waals surface area contributed by atoms with Gasteiger partial charge in [-0.3, -0.25) is 9.59 Å². The van der Waals surface area contributed by atoms with Gasteiger partial charge in [-0.1, -0.05) is 18.2 Å². The van der Waals surface area contributed by atoms with Crippen LogP contribution in [-0.2, 0) is 17.6 Å². The zero-order valence-corrected chi connectivity index (χ0v) is 18.4. The van der Waals surface area contributed by atoms with Gasteiger partial charge in [0.1, 0.15) is 6.61 Å². The van der Waals surface area contributed by atoms with Crippen LogP contribution in [0.25, 0.3) is 0 Å². The van der Waals surface area contributed by atoms with Crippen molar-refractivity contribution in [3.63, 3.8) is 0 Å². The maximum Gasteiger partial charge on any atom is 0.250 e. The van der Waals surface area contributed by atoms with Crippen LogP contribution in [0.5, 0.6) is 11.5 Å². The number of hydrogen-bond acceptors (Lipinski definition) is 5. The van der Waals surface area contributed by atoms with Gasteiger partial charge in [-0.2, -0.15) is 0 Å². The average molecular weight is 426 g/mol. The molecular weight excluding hydrogens is 394 g/mol. The Morgan fingerprint density at radius 1 is 1.19 bits per heavy atom. The quantitative estimate of drug-likeness (QED) is 0.571. The van der Waals surface area contributed by atoms with Crippen molar-refractivity contribution in [2.45, 2.75) is 39.7 Å². The van der Waals surface area contributed by atoms with Crippen LogP contribution in [0.3, 0.4) is 0 Å². The minimum absolute atomic E-state index is 0.0741. The zero-order chi connectivity index (χ0) is 22.4. The van der Waals surface area contributed by atoms with E-state index >= 15 is 0 Å². The van der Waals surface area contributed by atoms with E-state index in [2.05, 4.69) is 18.3 Å². The molecule has 2 aromatic carbocycles. The summed E-state index contributed by atoms with van der Waals surface area (Å²) in [6.45, 7) is 7.91. The third-order valence-corrected chi connectivity index (χ3v) is 5.31. The molecule has 2 amide bonds. The van der Waals surface area contributed by atoms with Gasteiger partial charge < -0.3 is 25.4 Å². The first-order chi connectivity index (χ1) is 14.9. The summed E-state index contributed by atoms with van der Waals surface area (Å²) in [6.07, 6.45) is 1.47. The van der Waals surface area contributed by atoms with Crippen molar-refractivity contribution in [1.82, 2.24) is 5.32 Å². The number of rotatable bonds is 10. The Morgan fingerprint density at radius 3 is 2.55 bits per heavy atom. The predicted molar refractivity (Wildman–Crippen MR) is 121 cm³/mol. The Bertz CT molecular complexity index is 944. The standard InChI is InChI=1S/C24H31N3O4/c1-4-30-21-7-5-6-8-22(21)31-12-10-26-16(2)13-18-14-19-9-11-27(17(3)28)23(19)20(15-18)24(25)29/h5-8,14-16,26H,4,9-13H2,1-3H3,(H2,25,29). The summed E-state index contributed by atoms with van der Waals surface area (Å²) in [7, 11) is 0. The highest BCUT2D eigenvalue weighted by atomic mass is 16.5. The topological polar surface area (TPSA) is 93.9 Å². The maximum atomic E-state index is 12.0. The van der Waals surface area contributed by atoms with Gasteiger partial charge in [0.2, 0.25) is 5.91 Å². The average Bonchev–Trinajstić information content (AvgIpc) is 3.16. The second-order valence-electron chi connectivity index (χ2n) is 7.72. The smallest absolute Gasteiger partial charge is 0.250 e. The molecule has 3 rings (SSSR count). The molecule has 0 bridgehead atoms. The van der Waals surface area contributed by atoms with E-state index in [0.717, 1.165) is 35.5 Å². The molecule has 0 saturated carbocycles. The van der Waals surface area contributed by atoms with Crippen LogP contribution >= 0.6 is 0 Å². The number of primary amides is 1. The molecule has 31 heavy (non-hydrogen) atoms. The van der Waals surface area contributed by atoms with Crippen LogP contribution in [0, 0.1) is 0 Å². The van der Waals surface area contributed by atoms with Gasteiger partial charge in [-0.15, -0.1) is 0 Å². The van der Waals surface area contributed by atoms with Crippen molar-refractivity contribution in [2.24, 2.45) is 5.73 Å². The number of ether oxygens (including phenoxy) is 2. The number of carbonyl (C=O) groups is 2. The normalized spacial score (nSPS) is 13.6. The Balaban J connectivity index is 1.58. The Hall–Kier alpha value is -3.06. The van der Waals surface area contributed by atoms with Crippen molar-refractivity contribution < 1.29 is 19.1 Å². The van der Waals surface area contributed by atoms with Gasteiger partial charge in [-0.25, -0.2) is 0 Å². The first-order valence-electron chi connectivity index (χ1n) is 10.7. The molecular formula is C24H31N3O4. The summed E-state index contributed by atoms with van der Waals surface area (Å²) >= 11 is 0. The summed E-state index contributed by atoms with van der Waals surface area (Å²) < 4.78 is 11.4. The minimum Gasteiger partial charge on any atom is -0.490 e. The van der Waals surface area contributed by atoms with Gasteiger partial charge >= 0.3 is 0 Å². The van der Waals surface area contributed by atoms with Crippen LogP contribution in [0.4, 0.5) is 5.69 Å². The van der Waals surface area contributed by atoms with Crippen LogP contribution in [0.15, 0.2) is 36.4 Å². The van der Waals surface area contributed by atoms with Gasteiger partial charge in [0.25, 0.3) is 5.91 Å². The number of nitrogens with zero attached hydrogens (tertiary/aromatic N) is 1. The van der Waals surface area contributed by atoms with E-state index in [1.165, 1.54) is 6.92 Å². The fourth-order valence-electron chi connectivity index (χ4n) is 3.97. The highest BCUT2D eigenvalue weighted by Gasteiger charge is 2.28. The number of hydrogen-bond donors (Lipinski definition) is 2. The van der Waals surface area contributed by atoms with Gasteiger partial charge in [0, 0.05) is 26.1 Å². The molecule has 1 unspecified atom stereocenters. The molecule has 1 heterocycles. The van der Waals surface area contributed by atoms with E-state index < -0.39 is 5.91 Å². The SMILES string of the molecule is CCOc1ccccc1OCCNC(C)Cc1cc2c(c(C(N)=O)c1)N(C(C)=O)CC2. The first-order valence-corrected chi connectivity index (χ1v) is 10.7. The van der Waals surface area contributed by atoms with Crippen molar-refractivity contribution in [2.75, 3.05) is 31.2 Å². The molecule has 1 atom stereocenters. The van der Waals surface area contributed by atoms with Gasteiger partial charge in [-0.05, 0) is 56.0 Å². The van der Waals surface area contributed by atoms with E-state index in [4.69, 9.17) is 15.2 Å². The van der Waals surface area contributed by atoms with Crippen LogP contribution in [0.1, 0.15) is 42.3 Å². The molecule has 0 saturated heterocycles. The van der Waals surface area contributed by atoms with E-state index in [9.17, 15) is 9.59 Å². The molecule has 0 aliphatic carbocycles. The summed E-state index contributed by atoms with van der Waals surface area (Å²) in [6, 6.07) is 11.7. The van der Waals surface area contributed by atoms with Gasteiger partial charge in [0.05, 0.1) is 17.9 Å². The van der Waals surface area contributed by atoms with E-state index in [0.29, 0.717) is 37.6 Å². The largest absolute Gasteiger partial charge is 0.490 e. The molecule has 2 aromatic rings. The lowest BCUT2D eigenvalue weighted by Gasteiger charge is -2.19. The number of carbonyl (C=O) groups excluding carboxylic acids is 2. The van der Waals surface area contributed by atoms with E-state index in [1.54, 1.807) is 4.90 Å². The lowest BCUT2D eigenvalue weighted by molar-refractivity contribution is -0.116. The molecule has 7 heteroatoms. The second-order valence-corrected chi connectivity index (χ2v) is 7.72. The monoisotopic (exact) mass is 425 g/mol. The summed E-state index contributed by atoms with van der Waals surface area (Å²) in [5, 5.41) is 3.45. The molecule has 0 radical (unpaired) electrons. The second kappa shape index (κ2) is 10.3. The fourth-order valence-corrected chi connectivity index (χ4v) is 3.97. The summed E-state index contributed by atoms with van der Waals surface area (Å²) in [4.78, 5) is 25.6. The Kier molecular flexibility index (Phi) is 7.52. The molecule has 166 valence electrons. The number of nitrogens with two attached hydrogens (primary N) is 1. The molecule has 1 aliphatic rings. The highest BCUT2D eigenvalue weighted by Crippen LogP contribution is 2.33. The van der Waals surface area contributed by atoms with Crippen molar-refractivity contribution >= 4 is 17.5 Å². The molecule has 0 aromatic heterocycles. The van der Waals surface area contributed by atoms with Crippen LogP contribution in [0.2, 0.25) is 0 Å². The van der Waals surface area contributed by atoms with Crippen LogP contribution < -0.4 is 25.4 Å². The number of fused-ring (bicyclic) bond motifs is 1. The van der Waals surface area contributed by atoms with Gasteiger partial charge in [0.15, 0.2) is 11.5 Å². The summed E-state index contributed by atoms with van der Waals surface area (Å²) in [5.41, 5.74) is 8.74. The number of benzene rings is 2.